The first-order valence-corrected chi connectivity index (χ1v) is 6.46. The number of benzene rings is 1. The van der Waals surface area contributed by atoms with Crippen molar-refractivity contribution in [2.45, 2.75) is 17.1 Å². The van der Waals surface area contributed by atoms with Crippen molar-refractivity contribution in [3.8, 4) is 5.75 Å². The molecule has 0 saturated carbocycles. The second kappa shape index (κ2) is 6.00. The van der Waals surface area contributed by atoms with Crippen molar-refractivity contribution >= 4 is 17.6 Å². The maximum absolute atomic E-state index is 12.0. The van der Waals surface area contributed by atoms with E-state index in [0.717, 1.165) is 5.56 Å². The van der Waals surface area contributed by atoms with Crippen molar-refractivity contribution in [1.29, 1.82) is 0 Å². The zero-order valence-electron chi connectivity index (χ0n) is 10.1. The Balaban J connectivity index is 1.96. The number of ether oxygens (including phenoxy) is 1. The molecule has 0 fully saturated rings. The standard InChI is InChI=1S/C12H10F3N3OS/c13-12(14,15)19-9-3-1-8(2-4-9)7-20-11-10(16)17-5-6-18-11/h1-6H,7H2,(H2,16,17). The fourth-order valence-corrected chi connectivity index (χ4v) is 2.22. The van der Waals surface area contributed by atoms with Crippen LogP contribution in [0.4, 0.5) is 19.0 Å². The minimum Gasteiger partial charge on any atom is -0.406 e. The Bertz CT molecular complexity index is 575. The number of thioether (sulfide) groups is 1. The predicted octanol–water partition coefficient (Wildman–Crippen LogP) is 3.25. The van der Waals surface area contributed by atoms with Crippen molar-refractivity contribution < 1.29 is 17.9 Å². The third-order valence-corrected chi connectivity index (χ3v) is 3.29. The molecule has 0 spiro atoms. The predicted molar refractivity (Wildman–Crippen MR) is 69.1 cm³/mol. The van der Waals surface area contributed by atoms with Gasteiger partial charge in [0.05, 0.1) is 0 Å². The highest BCUT2D eigenvalue weighted by atomic mass is 32.2. The second-order valence-corrected chi connectivity index (χ2v) is 4.69. The summed E-state index contributed by atoms with van der Waals surface area (Å²) in [5.41, 5.74) is 6.47. The largest absolute Gasteiger partial charge is 0.573 e. The van der Waals surface area contributed by atoms with Gasteiger partial charge in [-0.05, 0) is 17.7 Å². The van der Waals surface area contributed by atoms with Gasteiger partial charge in [-0.25, -0.2) is 9.97 Å². The molecule has 0 unspecified atom stereocenters. The smallest absolute Gasteiger partial charge is 0.406 e. The zero-order chi connectivity index (χ0) is 14.6. The van der Waals surface area contributed by atoms with E-state index in [1.807, 2.05) is 0 Å². The highest BCUT2D eigenvalue weighted by Crippen LogP contribution is 2.26. The van der Waals surface area contributed by atoms with Gasteiger partial charge in [-0.15, -0.1) is 13.2 Å². The number of hydrogen-bond donors (Lipinski definition) is 1. The molecule has 0 atom stereocenters. The molecule has 0 aliphatic heterocycles. The molecule has 2 rings (SSSR count). The van der Waals surface area contributed by atoms with E-state index >= 15 is 0 Å². The van der Waals surface area contributed by atoms with Crippen LogP contribution >= 0.6 is 11.8 Å². The molecular formula is C12H10F3N3OS. The normalized spacial score (nSPS) is 11.3. The quantitative estimate of drug-likeness (QED) is 0.878. The van der Waals surface area contributed by atoms with Crippen LogP contribution in [0.5, 0.6) is 5.75 Å². The van der Waals surface area contributed by atoms with Gasteiger partial charge in [0, 0.05) is 18.1 Å². The summed E-state index contributed by atoms with van der Waals surface area (Å²) in [5, 5.41) is 0.586. The molecule has 0 saturated heterocycles. The number of halogens is 3. The first kappa shape index (κ1) is 14.4. The molecule has 2 aromatic rings. The number of nitrogens with two attached hydrogens (primary N) is 1. The summed E-state index contributed by atoms with van der Waals surface area (Å²) in [5.74, 6) is 0.606. The van der Waals surface area contributed by atoms with Gasteiger partial charge >= 0.3 is 6.36 Å². The Morgan fingerprint density at radius 1 is 1.10 bits per heavy atom. The fraction of sp³-hybridized carbons (Fsp3) is 0.167. The van der Waals surface area contributed by atoms with Crippen molar-refractivity contribution in [2.75, 3.05) is 5.73 Å². The Morgan fingerprint density at radius 3 is 2.35 bits per heavy atom. The van der Waals surface area contributed by atoms with Crippen LogP contribution in [0.25, 0.3) is 0 Å². The summed E-state index contributed by atoms with van der Waals surface area (Å²) in [6.45, 7) is 0. The minimum absolute atomic E-state index is 0.245. The number of nitrogen functional groups attached to an aromatic ring is 1. The molecule has 1 heterocycles. The highest BCUT2D eigenvalue weighted by molar-refractivity contribution is 7.98. The Morgan fingerprint density at radius 2 is 1.75 bits per heavy atom. The molecule has 106 valence electrons. The summed E-state index contributed by atoms with van der Waals surface area (Å²) < 4.78 is 39.8. The lowest BCUT2D eigenvalue weighted by molar-refractivity contribution is -0.274. The van der Waals surface area contributed by atoms with Gasteiger partial charge in [0.25, 0.3) is 0 Å². The van der Waals surface area contributed by atoms with Gasteiger partial charge in [-0.3, -0.25) is 0 Å². The summed E-state index contributed by atoms with van der Waals surface area (Å²) in [4.78, 5) is 7.96. The van der Waals surface area contributed by atoms with E-state index in [2.05, 4.69) is 14.7 Å². The number of anilines is 1. The molecule has 0 bridgehead atoms. The van der Waals surface area contributed by atoms with Gasteiger partial charge in [-0.2, -0.15) is 0 Å². The Labute approximate surface area is 117 Å². The van der Waals surface area contributed by atoms with E-state index in [9.17, 15) is 13.2 Å². The summed E-state index contributed by atoms with van der Waals surface area (Å²) in [7, 11) is 0. The van der Waals surface area contributed by atoms with Gasteiger partial charge < -0.3 is 10.5 Å². The van der Waals surface area contributed by atoms with Crippen LogP contribution < -0.4 is 10.5 Å². The van der Waals surface area contributed by atoms with Gasteiger partial charge in [0.2, 0.25) is 0 Å². The van der Waals surface area contributed by atoms with E-state index in [4.69, 9.17) is 5.73 Å². The molecular weight excluding hydrogens is 291 g/mol. The van der Waals surface area contributed by atoms with Crippen LogP contribution in [0.2, 0.25) is 0 Å². The number of hydrogen-bond acceptors (Lipinski definition) is 5. The average Bonchev–Trinajstić information content (AvgIpc) is 2.38. The van der Waals surface area contributed by atoms with Crippen LogP contribution in [0.15, 0.2) is 41.7 Å². The van der Waals surface area contributed by atoms with E-state index in [-0.39, 0.29) is 5.75 Å². The highest BCUT2D eigenvalue weighted by Gasteiger charge is 2.30. The van der Waals surface area contributed by atoms with Crippen molar-refractivity contribution in [1.82, 2.24) is 9.97 Å². The third-order valence-electron chi connectivity index (χ3n) is 2.22. The van der Waals surface area contributed by atoms with Crippen LogP contribution in [-0.2, 0) is 5.75 Å². The third kappa shape index (κ3) is 4.30. The van der Waals surface area contributed by atoms with E-state index in [1.54, 1.807) is 12.1 Å². The van der Waals surface area contributed by atoms with E-state index in [1.165, 1.54) is 36.3 Å². The first-order chi connectivity index (χ1) is 9.44. The monoisotopic (exact) mass is 301 g/mol. The Kier molecular flexibility index (Phi) is 4.33. The molecule has 0 aliphatic rings. The van der Waals surface area contributed by atoms with Gasteiger partial charge in [0.15, 0.2) is 5.82 Å². The molecule has 0 aliphatic carbocycles. The van der Waals surface area contributed by atoms with Crippen LogP contribution in [0.3, 0.4) is 0 Å². The van der Waals surface area contributed by atoms with Crippen molar-refractivity contribution in [3.63, 3.8) is 0 Å². The van der Waals surface area contributed by atoms with Crippen LogP contribution in [-0.4, -0.2) is 16.3 Å². The van der Waals surface area contributed by atoms with Gasteiger partial charge in [0.1, 0.15) is 10.8 Å². The molecule has 0 radical (unpaired) electrons. The van der Waals surface area contributed by atoms with Crippen LogP contribution in [0, 0.1) is 0 Å². The number of alkyl halides is 3. The number of aromatic nitrogens is 2. The molecule has 20 heavy (non-hydrogen) atoms. The first-order valence-electron chi connectivity index (χ1n) is 5.48. The second-order valence-electron chi connectivity index (χ2n) is 3.73. The Hall–Kier alpha value is -1.96. The van der Waals surface area contributed by atoms with E-state index in [0.29, 0.717) is 16.6 Å². The maximum atomic E-state index is 12.0. The summed E-state index contributed by atoms with van der Waals surface area (Å²) in [6.07, 6.45) is -1.66. The molecule has 1 aromatic heterocycles. The minimum atomic E-state index is -4.68. The molecule has 4 nitrogen and oxygen atoms in total. The summed E-state index contributed by atoms with van der Waals surface area (Å²) in [6, 6.07) is 5.65. The zero-order valence-corrected chi connectivity index (χ0v) is 10.9. The van der Waals surface area contributed by atoms with Crippen molar-refractivity contribution in [2.24, 2.45) is 0 Å². The topological polar surface area (TPSA) is 61.0 Å². The van der Waals surface area contributed by atoms with Crippen LogP contribution in [0.1, 0.15) is 5.56 Å². The number of rotatable bonds is 4. The molecule has 2 N–H and O–H groups in total. The molecule has 8 heteroatoms. The molecule has 1 aromatic carbocycles. The van der Waals surface area contributed by atoms with E-state index < -0.39 is 6.36 Å². The van der Waals surface area contributed by atoms with Crippen molar-refractivity contribution in [3.05, 3.63) is 42.2 Å². The maximum Gasteiger partial charge on any atom is 0.573 e. The molecule has 0 amide bonds. The fourth-order valence-electron chi connectivity index (χ4n) is 1.39. The van der Waals surface area contributed by atoms with Gasteiger partial charge in [-0.1, -0.05) is 23.9 Å². The summed E-state index contributed by atoms with van der Waals surface area (Å²) >= 11 is 1.36. The lowest BCUT2D eigenvalue weighted by Gasteiger charge is -2.09. The average molecular weight is 301 g/mol. The SMILES string of the molecule is Nc1nccnc1SCc1ccc(OC(F)(F)F)cc1. The lowest BCUT2D eigenvalue weighted by Crippen LogP contribution is -2.16. The number of nitrogens with zero attached hydrogens (tertiary/aromatic N) is 2. The lowest BCUT2D eigenvalue weighted by atomic mass is 10.2.